The highest BCUT2D eigenvalue weighted by atomic mass is 35.5. The Hall–Kier alpha value is -0.780. The van der Waals surface area contributed by atoms with E-state index in [4.69, 9.17) is 32.4 Å². The van der Waals surface area contributed by atoms with Gasteiger partial charge in [0.25, 0.3) is 0 Å². The molecule has 0 N–H and O–H groups in total. The molecule has 0 radical (unpaired) electrons. The lowest BCUT2D eigenvalue weighted by molar-refractivity contribution is -0.402. The summed E-state index contributed by atoms with van der Waals surface area (Å²) in [5, 5.41) is 10.1. The van der Waals surface area contributed by atoms with E-state index in [1.54, 1.807) is 0 Å². The van der Waals surface area contributed by atoms with Gasteiger partial charge in [-0.25, -0.2) is 0 Å². The van der Waals surface area contributed by atoms with E-state index < -0.39 is 10.8 Å². The summed E-state index contributed by atoms with van der Waals surface area (Å²) in [6.45, 7) is 0.0480. The molecule has 0 unspecified atom stereocenters. The van der Waals surface area contributed by atoms with Gasteiger partial charge in [0.2, 0.25) is 0 Å². The molecular formula is C6H5Cl2NO4. The SMILES string of the molecule is COCc1oc([N+](=O)[O-])c(Cl)c1Cl. The van der Waals surface area contributed by atoms with Crippen LogP contribution in [-0.4, -0.2) is 12.0 Å². The quantitative estimate of drug-likeness (QED) is 0.586. The number of ether oxygens (including phenoxy) is 1. The van der Waals surface area contributed by atoms with E-state index in [0.29, 0.717) is 0 Å². The number of halogens is 2. The van der Waals surface area contributed by atoms with Crippen molar-refractivity contribution in [3.8, 4) is 0 Å². The summed E-state index contributed by atoms with van der Waals surface area (Å²) in [6.07, 6.45) is 0. The molecule has 0 spiro atoms. The summed E-state index contributed by atoms with van der Waals surface area (Å²) >= 11 is 11.1. The second-order valence-electron chi connectivity index (χ2n) is 2.15. The van der Waals surface area contributed by atoms with Crippen molar-refractivity contribution in [1.29, 1.82) is 0 Å². The Morgan fingerprint density at radius 1 is 1.54 bits per heavy atom. The maximum atomic E-state index is 10.3. The van der Waals surface area contributed by atoms with E-state index in [2.05, 4.69) is 0 Å². The molecule has 13 heavy (non-hydrogen) atoms. The molecule has 0 bridgehead atoms. The average Bonchev–Trinajstić information content (AvgIpc) is 2.33. The van der Waals surface area contributed by atoms with Gasteiger partial charge in [0.1, 0.15) is 16.6 Å². The van der Waals surface area contributed by atoms with Crippen LogP contribution in [0.1, 0.15) is 5.76 Å². The van der Waals surface area contributed by atoms with Crippen LogP contribution in [-0.2, 0) is 11.3 Å². The van der Waals surface area contributed by atoms with E-state index in [-0.39, 0.29) is 22.4 Å². The lowest BCUT2D eigenvalue weighted by atomic mass is 10.5. The number of hydrogen-bond donors (Lipinski definition) is 0. The molecule has 0 saturated carbocycles. The van der Waals surface area contributed by atoms with Crippen molar-refractivity contribution in [2.75, 3.05) is 7.11 Å². The van der Waals surface area contributed by atoms with Crippen molar-refractivity contribution in [2.45, 2.75) is 6.61 Å². The van der Waals surface area contributed by atoms with Crippen LogP contribution < -0.4 is 0 Å². The molecule has 1 aromatic rings. The highest BCUT2D eigenvalue weighted by Crippen LogP contribution is 2.37. The number of nitrogens with zero attached hydrogens (tertiary/aromatic N) is 1. The minimum Gasteiger partial charge on any atom is -0.401 e. The van der Waals surface area contributed by atoms with E-state index in [1.807, 2.05) is 0 Å². The summed E-state index contributed by atoms with van der Waals surface area (Å²) in [4.78, 5) is 9.58. The van der Waals surface area contributed by atoms with E-state index in [9.17, 15) is 10.1 Å². The Balaban J connectivity index is 3.12. The van der Waals surface area contributed by atoms with Crippen LogP contribution in [0.2, 0.25) is 10.0 Å². The van der Waals surface area contributed by atoms with E-state index in [0.717, 1.165) is 0 Å². The van der Waals surface area contributed by atoms with Gasteiger partial charge in [-0.1, -0.05) is 23.2 Å². The minimum atomic E-state index is -0.743. The molecule has 0 fully saturated rings. The summed E-state index contributed by atoms with van der Waals surface area (Å²) in [5.41, 5.74) is 0. The van der Waals surface area contributed by atoms with Crippen molar-refractivity contribution in [1.82, 2.24) is 0 Å². The van der Waals surface area contributed by atoms with Gasteiger partial charge in [-0.2, -0.15) is 0 Å². The van der Waals surface area contributed by atoms with Crippen LogP contribution in [0, 0.1) is 10.1 Å². The smallest absolute Gasteiger partial charge is 0.401 e. The van der Waals surface area contributed by atoms with Crippen LogP contribution in [0.25, 0.3) is 0 Å². The molecule has 0 saturated heterocycles. The molecule has 1 heterocycles. The predicted octanol–water partition coefficient (Wildman–Crippen LogP) is 2.64. The fraction of sp³-hybridized carbons (Fsp3) is 0.333. The molecule has 1 aromatic heterocycles. The number of rotatable bonds is 3. The van der Waals surface area contributed by atoms with Gasteiger partial charge >= 0.3 is 5.88 Å². The molecule has 0 aliphatic heterocycles. The van der Waals surface area contributed by atoms with Gasteiger partial charge in [0.15, 0.2) is 10.8 Å². The molecule has 0 aromatic carbocycles. The Labute approximate surface area is 83.3 Å². The van der Waals surface area contributed by atoms with Crippen molar-refractivity contribution < 1.29 is 14.1 Å². The van der Waals surface area contributed by atoms with Gasteiger partial charge in [-0.05, 0) is 0 Å². The molecule has 0 aliphatic carbocycles. The molecule has 72 valence electrons. The van der Waals surface area contributed by atoms with Gasteiger partial charge in [0, 0.05) is 7.11 Å². The zero-order chi connectivity index (χ0) is 10.0. The van der Waals surface area contributed by atoms with Gasteiger partial charge in [0.05, 0.1) is 0 Å². The normalized spacial score (nSPS) is 10.4. The Kier molecular flexibility index (Phi) is 3.13. The third-order valence-corrected chi connectivity index (χ3v) is 2.13. The first kappa shape index (κ1) is 10.3. The largest absolute Gasteiger partial charge is 0.453 e. The molecular weight excluding hydrogens is 221 g/mol. The second-order valence-corrected chi connectivity index (χ2v) is 2.90. The van der Waals surface area contributed by atoms with Gasteiger partial charge in [-0.3, -0.25) is 10.1 Å². The van der Waals surface area contributed by atoms with Crippen LogP contribution in [0.5, 0.6) is 0 Å². The van der Waals surface area contributed by atoms with Crippen molar-refractivity contribution in [3.05, 3.63) is 25.9 Å². The zero-order valence-corrected chi connectivity index (χ0v) is 8.06. The van der Waals surface area contributed by atoms with E-state index in [1.165, 1.54) is 7.11 Å². The van der Waals surface area contributed by atoms with Crippen LogP contribution in [0.15, 0.2) is 4.42 Å². The molecule has 0 atom stereocenters. The third-order valence-electron chi connectivity index (χ3n) is 1.29. The van der Waals surface area contributed by atoms with E-state index >= 15 is 0 Å². The van der Waals surface area contributed by atoms with Gasteiger partial charge < -0.3 is 9.15 Å². The Morgan fingerprint density at radius 3 is 2.54 bits per heavy atom. The van der Waals surface area contributed by atoms with Crippen LogP contribution >= 0.6 is 23.2 Å². The monoisotopic (exact) mass is 225 g/mol. The summed E-state index contributed by atoms with van der Waals surface area (Å²) in [5.74, 6) is -0.403. The summed E-state index contributed by atoms with van der Waals surface area (Å²) < 4.78 is 9.46. The second kappa shape index (κ2) is 3.95. The average molecular weight is 226 g/mol. The molecule has 5 nitrogen and oxygen atoms in total. The molecule has 7 heteroatoms. The summed E-state index contributed by atoms with van der Waals surface area (Å²) in [7, 11) is 1.42. The van der Waals surface area contributed by atoms with Crippen LogP contribution in [0.3, 0.4) is 0 Å². The number of methoxy groups -OCH3 is 1. The van der Waals surface area contributed by atoms with Crippen molar-refractivity contribution in [3.63, 3.8) is 0 Å². The topological polar surface area (TPSA) is 65.5 Å². The molecule has 1 rings (SSSR count). The number of furan rings is 1. The first-order valence-corrected chi connectivity index (χ1v) is 3.93. The number of hydrogen-bond acceptors (Lipinski definition) is 4. The fourth-order valence-corrected chi connectivity index (χ4v) is 1.15. The Morgan fingerprint density at radius 2 is 2.15 bits per heavy atom. The minimum absolute atomic E-state index is 0.0233. The van der Waals surface area contributed by atoms with Crippen LogP contribution in [0.4, 0.5) is 5.88 Å². The first-order valence-electron chi connectivity index (χ1n) is 3.18. The third kappa shape index (κ3) is 1.93. The fourth-order valence-electron chi connectivity index (χ4n) is 0.764. The van der Waals surface area contributed by atoms with Crippen molar-refractivity contribution in [2.24, 2.45) is 0 Å². The highest BCUT2D eigenvalue weighted by molar-refractivity contribution is 6.43. The zero-order valence-electron chi connectivity index (χ0n) is 6.54. The lowest BCUT2D eigenvalue weighted by Crippen LogP contribution is -1.85. The van der Waals surface area contributed by atoms with Crippen molar-refractivity contribution >= 4 is 29.1 Å². The maximum absolute atomic E-state index is 10.3. The first-order chi connectivity index (χ1) is 6.07. The Bertz CT molecular complexity index is 336. The van der Waals surface area contributed by atoms with Gasteiger partial charge in [-0.15, -0.1) is 0 Å². The predicted molar refractivity (Wildman–Crippen MR) is 46.1 cm³/mol. The molecule has 0 amide bonds. The highest BCUT2D eigenvalue weighted by Gasteiger charge is 2.25. The summed E-state index contributed by atoms with van der Waals surface area (Å²) in [6, 6.07) is 0. The number of nitro groups is 1. The standard InChI is InChI=1S/C6H5Cl2NO4/c1-12-2-3-4(7)5(8)6(13-3)9(10)11/h2H2,1H3. The lowest BCUT2D eigenvalue weighted by Gasteiger charge is -1.91. The molecule has 0 aliphatic rings. The maximum Gasteiger partial charge on any atom is 0.453 e.